The fraction of sp³-hybridized carbons (Fsp3) is 0.750. The molecule has 196 valence electrons. The molecule has 0 aromatic rings. The van der Waals surface area contributed by atoms with E-state index in [4.69, 9.17) is 22.3 Å². The third kappa shape index (κ3) is 13.3. The van der Waals surface area contributed by atoms with Crippen molar-refractivity contribution >= 4 is 42.3 Å². The van der Waals surface area contributed by atoms with Crippen LogP contribution in [-0.2, 0) is 24.0 Å². The Hall–Kier alpha value is -2.42. The number of nitrogens with one attached hydrogen (secondary N) is 3. The maximum atomic E-state index is 12.8. The second-order valence-corrected chi connectivity index (χ2v) is 8.18. The monoisotopic (exact) mass is 506 g/mol. The molecule has 4 unspecified atom stereocenters. The van der Waals surface area contributed by atoms with Gasteiger partial charge in [0.25, 0.3) is 0 Å². The van der Waals surface area contributed by atoms with E-state index in [1.807, 2.05) is 0 Å². The summed E-state index contributed by atoms with van der Waals surface area (Å²) in [5, 5.41) is 25.2. The predicted octanol–water partition coefficient (Wildman–Crippen LogP) is -2.09. The first kappa shape index (κ1) is 31.6. The van der Waals surface area contributed by atoms with Crippen LogP contribution in [0.2, 0.25) is 0 Å². The van der Waals surface area contributed by atoms with Gasteiger partial charge in [0.2, 0.25) is 17.7 Å². The number of amides is 3. The molecule has 0 fully saturated rings. The number of rotatable bonds is 19. The number of carbonyl (C=O) groups excluding carboxylic acids is 3. The van der Waals surface area contributed by atoms with Gasteiger partial charge in [0.1, 0.15) is 18.1 Å². The van der Waals surface area contributed by atoms with Crippen molar-refractivity contribution in [2.24, 2.45) is 17.2 Å². The minimum absolute atomic E-state index is 0.162. The first-order valence-corrected chi connectivity index (χ1v) is 11.8. The largest absolute Gasteiger partial charge is 0.481 e. The maximum absolute atomic E-state index is 12.8. The van der Waals surface area contributed by atoms with Gasteiger partial charge in [-0.05, 0) is 51.6 Å². The van der Waals surface area contributed by atoms with E-state index in [1.165, 1.54) is 0 Å². The highest BCUT2D eigenvalue weighted by molar-refractivity contribution is 7.80. The first-order valence-electron chi connectivity index (χ1n) is 11.2. The number of unbranched alkanes of at least 4 members (excludes halogenated alkanes) is 2. The van der Waals surface area contributed by atoms with E-state index in [-0.39, 0.29) is 18.6 Å². The number of carboxylic acid groups (broad SMARTS) is 2. The predicted molar refractivity (Wildman–Crippen MR) is 128 cm³/mol. The van der Waals surface area contributed by atoms with E-state index >= 15 is 0 Å². The lowest BCUT2D eigenvalue weighted by Crippen LogP contribution is -2.57. The maximum Gasteiger partial charge on any atom is 0.326 e. The zero-order valence-electron chi connectivity index (χ0n) is 19.2. The Morgan fingerprint density at radius 2 is 1.21 bits per heavy atom. The molecule has 0 rings (SSSR count). The lowest BCUT2D eigenvalue weighted by atomic mass is 10.1. The van der Waals surface area contributed by atoms with Crippen LogP contribution in [0.1, 0.15) is 51.4 Å². The molecule has 3 amide bonds. The summed E-state index contributed by atoms with van der Waals surface area (Å²) < 4.78 is 0. The van der Waals surface area contributed by atoms with Crippen molar-refractivity contribution in [2.45, 2.75) is 75.5 Å². The number of carbonyl (C=O) groups is 5. The average molecular weight is 507 g/mol. The highest BCUT2D eigenvalue weighted by atomic mass is 32.1. The first-order chi connectivity index (χ1) is 16.1. The minimum Gasteiger partial charge on any atom is -0.481 e. The van der Waals surface area contributed by atoms with Gasteiger partial charge in [0.05, 0.1) is 6.04 Å². The van der Waals surface area contributed by atoms with Crippen molar-refractivity contribution in [3.05, 3.63) is 0 Å². The standard InChI is InChI=1S/C20H38N6O7S/c21-9-3-1-5-12(23)17(29)24-13(6-2-4-10-22)18(30)26-15(11-34)19(31)25-14(20(32)33)7-8-16(27)28/h12-15,34H,1-11,21-23H2,(H,24,29)(H,25,31)(H,26,30)(H,27,28)(H,32,33). The Labute approximate surface area is 204 Å². The quantitative estimate of drug-likeness (QED) is 0.0683. The van der Waals surface area contributed by atoms with Crippen LogP contribution in [0.5, 0.6) is 0 Å². The molecule has 11 N–H and O–H groups in total. The normalized spacial score (nSPS) is 14.4. The van der Waals surface area contributed by atoms with Crippen LogP contribution in [-0.4, -0.2) is 82.9 Å². The van der Waals surface area contributed by atoms with E-state index in [9.17, 15) is 29.1 Å². The minimum atomic E-state index is -1.45. The molecule has 0 radical (unpaired) electrons. The third-order valence-corrected chi connectivity index (χ3v) is 5.33. The molecular formula is C20H38N6O7S. The van der Waals surface area contributed by atoms with E-state index in [1.54, 1.807) is 0 Å². The molecule has 0 spiro atoms. The van der Waals surface area contributed by atoms with Gasteiger partial charge < -0.3 is 43.4 Å². The lowest BCUT2D eigenvalue weighted by molar-refractivity contribution is -0.143. The number of hydrogen-bond acceptors (Lipinski definition) is 9. The van der Waals surface area contributed by atoms with E-state index in [0.717, 1.165) is 0 Å². The topological polar surface area (TPSA) is 240 Å². The fourth-order valence-corrected chi connectivity index (χ4v) is 3.20. The Morgan fingerprint density at radius 3 is 1.71 bits per heavy atom. The molecule has 0 aliphatic heterocycles. The Kier molecular flexibility index (Phi) is 16.7. The number of carboxylic acids is 2. The Bertz CT molecular complexity index is 682. The van der Waals surface area contributed by atoms with Crippen molar-refractivity contribution in [3.8, 4) is 0 Å². The second kappa shape index (κ2) is 18.0. The average Bonchev–Trinajstić information content (AvgIpc) is 2.78. The number of nitrogens with two attached hydrogens (primary N) is 3. The van der Waals surface area contributed by atoms with Gasteiger partial charge in [0.15, 0.2) is 0 Å². The van der Waals surface area contributed by atoms with Gasteiger partial charge in [-0.3, -0.25) is 19.2 Å². The van der Waals surface area contributed by atoms with Crippen LogP contribution >= 0.6 is 12.6 Å². The van der Waals surface area contributed by atoms with Crippen molar-refractivity contribution in [1.82, 2.24) is 16.0 Å². The molecule has 0 saturated heterocycles. The fourth-order valence-electron chi connectivity index (χ4n) is 2.94. The third-order valence-electron chi connectivity index (χ3n) is 4.96. The van der Waals surface area contributed by atoms with Gasteiger partial charge in [-0.1, -0.05) is 6.42 Å². The molecular weight excluding hydrogens is 468 g/mol. The summed E-state index contributed by atoms with van der Waals surface area (Å²) in [4.78, 5) is 59.8. The number of hydrogen-bond donors (Lipinski definition) is 9. The molecule has 0 aromatic carbocycles. The van der Waals surface area contributed by atoms with Crippen LogP contribution in [0.3, 0.4) is 0 Å². The van der Waals surface area contributed by atoms with Gasteiger partial charge in [-0.15, -0.1) is 0 Å². The Morgan fingerprint density at radius 1 is 0.706 bits per heavy atom. The molecule has 34 heavy (non-hydrogen) atoms. The second-order valence-electron chi connectivity index (χ2n) is 7.81. The summed E-state index contributed by atoms with van der Waals surface area (Å²) in [5.74, 6) is -4.80. The molecule has 0 aromatic heterocycles. The van der Waals surface area contributed by atoms with Crippen molar-refractivity contribution in [2.75, 3.05) is 18.8 Å². The Balaban J connectivity index is 5.19. The summed E-state index contributed by atoms with van der Waals surface area (Å²) in [6.07, 6.45) is 2.37. The smallest absolute Gasteiger partial charge is 0.326 e. The van der Waals surface area contributed by atoms with Crippen LogP contribution in [0.4, 0.5) is 0 Å². The van der Waals surface area contributed by atoms with Crippen molar-refractivity contribution < 1.29 is 34.2 Å². The number of aliphatic carboxylic acids is 2. The molecule has 0 aliphatic carbocycles. The van der Waals surface area contributed by atoms with Gasteiger partial charge in [-0.25, -0.2) is 4.79 Å². The van der Waals surface area contributed by atoms with E-state index in [0.29, 0.717) is 45.2 Å². The van der Waals surface area contributed by atoms with E-state index in [2.05, 4.69) is 28.6 Å². The van der Waals surface area contributed by atoms with Crippen molar-refractivity contribution in [3.63, 3.8) is 0 Å². The van der Waals surface area contributed by atoms with Crippen molar-refractivity contribution in [1.29, 1.82) is 0 Å². The lowest BCUT2D eigenvalue weighted by Gasteiger charge is -2.24. The number of thiol groups is 1. The molecule has 14 heteroatoms. The SMILES string of the molecule is NCCCCC(N)C(=O)NC(CCCCN)C(=O)NC(CS)C(=O)NC(CCC(=O)O)C(=O)O. The molecule has 4 atom stereocenters. The summed E-state index contributed by atoms with van der Waals surface area (Å²) >= 11 is 4.04. The highest BCUT2D eigenvalue weighted by Crippen LogP contribution is 2.05. The molecule has 0 aliphatic rings. The highest BCUT2D eigenvalue weighted by Gasteiger charge is 2.29. The zero-order chi connectivity index (χ0) is 26.1. The van der Waals surface area contributed by atoms with Crippen LogP contribution in [0.15, 0.2) is 0 Å². The summed E-state index contributed by atoms with van der Waals surface area (Å²) in [6.45, 7) is 0.875. The molecule has 0 saturated carbocycles. The van der Waals surface area contributed by atoms with E-state index < -0.39 is 60.2 Å². The van der Waals surface area contributed by atoms with Gasteiger partial charge in [0, 0.05) is 12.2 Å². The van der Waals surface area contributed by atoms with Gasteiger partial charge in [-0.2, -0.15) is 12.6 Å². The summed E-state index contributed by atoms with van der Waals surface area (Å²) in [5.41, 5.74) is 16.8. The summed E-state index contributed by atoms with van der Waals surface area (Å²) in [6, 6.07) is -4.48. The zero-order valence-corrected chi connectivity index (χ0v) is 20.1. The van der Waals surface area contributed by atoms with Gasteiger partial charge >= 0.3 is 11.9 Å². The molecule has 13 nitrogen and oxygen atoms in total. The molecule has 0 heterocycles. The van der Waals surface area contributed by atoms with Crippen LogP contribution in [0.25, 0.3) is 0 Å². The summed E-state index contributed by atoms with van der Waals surface area (Å²) in [7, 11) is 0. The van der Waals surface area contributed by atoms with Crippen LogP contribution in [0, 0.1) is 0 Å². The molecule has 0 bridgehead atoms. The van der Waals surface area contributed by atoms with Crippen LogP contribution < -0.4 is 33.2 Å².